The number of rotatable bonds is 7. The highest BCUT2D eigenvalue weighted by atomic mass is 16.5. The van der Waals surface area contributed by atoms with Crippen LogP contribution in [0.5, 0.6) is 0 Å². The zero-order valence-electron chi connectivity index (χ0n) is 15.0. The van der Waals surface area contributed by atoms with Gasteiger partial charge in [0.2, 0.25) is 0 Å². The summed E-state index contributed by atoms with van der Waals surface area (Å²) in [5, 5.41) is 3.71. The van der Waals surface area contributed by atoms with Gasteiger partial charge in [0.25, 0.3) is 6.01 Å². The monoisotopic (exact) mass is 364 g/mol. The second-order valence-corrected chi connectivity index (χ2v) is 6.38. The van der Waals surface area contributed by atoms with Crippen molar-refractivity contribution in [3.8, 4) is 11.4 Å². The maximum atomic E-state index is 11.1. The molecule has 0 radical (unpaired) electrons. The number of fused-ring (bicyclic) bond motifs is 1. The molecule has 7 nitrogen and oxygen atoms in total. The Morgan fingerprint density at radius 1 is 1.11 bits per heavy atom. The summed E-state index contributed by atoms with van der Waals surface area (Å²) in [5.74, 6) is -0.135. The van der Waals surface area contributed by atoms with Crippen LogP contribution in [0.3, 0.4) is 0 Å². The Labute approximate surface area is 155 Å². The van der Waals surface area contributed by atoms with Crippen LogP contribution in [0.25, 0.3) is 22.5 Å². The van der Waals surface area contributed by atoms with E-state index in [1.165, 1.54) is 0 Å². The van der Waals surface area contributed by atoms with E-state index in [9.17, 15) is 4.79 Å². The van der Waals surface area contributed by atoms with Gasteiger partial charge in [0.15, 0.2) is 11.4 Å². The van der Waals surface area contributed by atoms with E-state index < -0.39 is 5.76 Å². The molecule has 2 aromatic carbocycles. The highest BCUT2D eigenvalue weighted by molar-refractivity contribution is 5.74. The van der Waals surface area contributed by atoms with Crippen molar-refractivity contribution in [2.45, 2.75) is 26.3 Å². The predicted octanol–water partition coefficient (Wildman–Crippen LogP) is 3.98. The second kappa shape index (κ2) is 7.49. The van der Waals surface area contributed by atoms with Crippen molar-refractivity contribution in [3.63, 3.8) is 0 Å². The molecule has 0 aliphatic rings. The van der Waals surface area contributed by atoms with Gasteiger partial charge in [-0.25, -0.2) is 4.79 Å². The van der Waals surface area contributed by atoms with Crippen molar-refractivity contribution in [1.82, 2.24) is 15.1 Å². The van der Waals surface area contributed by atoms with Crippen molar-refractivity contribution < 1.29 is 8.94 Å². The van der Waals surface area contributed by atoms with Crippen LogP contribution >= 0.6 is 0 Å². The predicted molar refractivity (Wildman–Crippen MR) is 103 cm³/mol. The number of unbranched alkanes of at least 4 members (excludes halogenated alkanes) is 1. The van der Waals surface area contributed by atoms with Crippen LogP contribution in [0.1, 0.15) is 25.3 Å². The maximum absolute atomic E-state index is 11.1. The second-order valence-electron chi connectivity index (χ2n) is 6.38. The number of H-pyrrole nitrogens is 1. The Morgan fingerprint density at radius 3 is 2.63 bits per heavy atom. The van der Waals surface area contributed by atoms with Crippen LogP contribution < -0.4 is 10.7 Å². The third-order valence-electron chi connectivity index (χ3n) is 4.38. The van der Waals surface area contributed by atoms with Crippen LogP contribution in [0.2, 0.25) is 0 Å². The fourth-order valence-electron chi connectivity index (χ4n) is 2.93. The summed E-state index contributed by atoms with van der Waals surface area (Å²) in [6.45, 7) is 3.71. The lowest BCUT2D eigenvalue weighted by atomic mass is 10.1. The number of hydrogen-bond donors (Lipinski definition) is 1. The number of aromatic amines is 1. The van der Waals surface area contributed by atoms with Gasteiger partial charge in [0.1, 0.15) is 5.52 Å². The third kappa shape index (κ3) is 3.76. The molecule has 27 heavy (non-hydrogen) atoms. The van der Waals surface area contributed by atoms with Crippen LogP contribution in [-0.4, -0.2) is 21.7 Å². The highest BCUT2D eigenvalue weighted by Gasteiger charge is 2.14. The van der Waals surface area contributed by atoms with E-state index in [1.807, 2.05) is 48.5 Å². The van der Waals surface area contributed by atoms with Crippen LogP contribution in [0.15, 0.2) is 62.3 Å². The van der Waals surface area contributed by atoms with E-state index in [2.05, 4.69) is 31.5 Å². The first-order valence-electron chi connectivity index (χ1n) is 8.99. The van der Waals surface area contributed by atoms with Gasteiger partial charge in [-0.3, -0.25) is 9.51 Å². The number of hydrogen-bond acceptors (Lipinski definition) is 6. The van der Waals surface area contributed by atoms with E-state index in [-0.39, 0.29) is 0 Å². The van der Waals surface area contributed by atoms with Gasteiger partial charge in [-0.05, 0) is 24.1 Å². The van der Waals surface area contributed by atoms with Gasteiger partial charge in [0.05, 0.1) is 0 Å². The lowest BCUT2D eigenvalue weighted by Gasteiger charge is -2.20. The minimum absolute atomic E-state index is 0.424. The molecule has 0 fully saturated rings. The fourth-order valence-corrected chi connectivity index (χ4v) is 2.93. The molecule has 0 unspecified atom stereocenters. The number of oxazole rings is 1. The molecular weight excluding hydrogens is 344 g/mol. The Kier molecular flexibility index (Phi) is 4.74. The van der Waals surface area contributed by atoms with Crippen LogP contribution in [-0.2, 0) is 6.54 Å². The fraction of sp³-hybridized carbons (Fsp3) is 0.250. The Bertz CT molecular complexity index is 1050. The van der Waals surface area contributed by atoms with Crippen LogP contribution in [0.4, 0.5) is 6.01 Å². The van der Waals surface area contributed by atoms with Crippen molar-refractivity contribution in [2.24, 2.45) is 0 Å². The van der Waals surface area contributed by atoms with Crippen LogP contribution in [0, 0.1) is 0 Å². The number of benzene rings is 2. The topological polar surface area (TPSA) is 88.2 Å². The number of para-hydroxylation sites is 2. The summed E-state index contributed by atoms with van der Waals surface area (Å²) in [6.07, 6.45) is 2.15. The normalized spacial score (nSPS) is 11.1. The van der Waals surface area contributed by atoms with E-state index in [0.717, 1.165) is 41.6 Å². The minimum atomic E-state index is -0.559. The van der Waals surface area contributed by atoms with Crippen molar-refractivity contribution in [1.29, 1.82) is 0 Å². The van der Waals surface area contributed by atoms with Gasteiger partial charge in [-0.2, -0.15) is 4.98 Å². The first-order valence-corrected chi connectivity index (χ1v) is 8.99. The van der Waals surface area contributed by atoms with E-state index >= 15 is 0 Å². The first kappa shape index (κ1) is 17.1. The third-order valence-corrected chi connectivity index (χ3v) is 4.38. The molecule has 2 heterocycles. The van der Waals surface area contributed by atoms with Gasteiger partial charge in [-0.1, -0.05) is 54.9 Å². The van der Waals surface area contributed by atoms with Gasteiger partial charge < -0.3 is 9.32 Å². The highest BCUT2D eigenvalue weighted by Crippen LogP contribution is 2.24. The van der Waals surface area contributed by atoms with E-state index in [4.69, 9.17) is 4.42 Å². The molecule has 0 aliphatic heterocycles. The standard InChI is InChI=1S/C20H20N4O3/c1-2-3-12-24(19-21-16-6-4-5-7-17(16)26-19)13-14-8-10-15(11-9-14)18-22-20(25)27-23-18/h4-11H,2-3,12-13H2,1H3,(H,22,23,25). The largest absolute Gasteiger partial charge is 0.439 e. The molecule has 4 aromatic rings. The SMILES string of the molecule is CCCCN(Cc1ccc(-c2noc(=O)[nH]2)cc1)c1nc2ccccc2o1. The number of nitrogens with zero attached hydrogens (tertiary/aromatic N) is 3. The van der Waals surface area contributed by atoms with E-state index in [0.29, 0.717) is 18.4 Å². The lowest BCUT2D eigenvalue weighted by molar-refractivity contribution is 0.388. The molecule has 7 heteroatoms. The summed E-state index contributed by atoms with van der Waals surface area (Å²) in [4.78, 5) is 20.4. The molecule has 0 spiro atoms. The average Bonchev–Trinajstić information content (AvgIpc) is 3.31. The molecule has 138 valence electrons. The molecule has 0 saturated heterocycles. The zero-order chi connectivity index (χ0) is 18.6. The Hall–Kier alpha value is -3.35. The summed E-state index contributed by atoms with van der Waals surface area (Å²) < 4.78 is 10.5. The van der Waals surface area contributed by atoms with Crippen molar-refractivity contribution in [2.75, 3.05) is 11.4 Å². The average molecular weight is 364 g/mol. The number of nitrogens with one attached hydrogen (secondary N) is 1. The lowest BCUT2D eigenvalue weighted by Crippen LogP contribution is -2.24. The maximum Gasteiger partial charge on any atom is 0.439 e. The summed E-state index contributed by atoms with van der Waals surface area (Å²) in [5.41, 5.74) is 3.56. The quantitative estimate of drug-likeness (QED) is 0.534. The zero-order valence-corrected chi connectivity index (χ0v) is 15.0. The molecule has 1 N–H and O–H groups in total. The molecule has 0 amide bonds. The minimum Gasteiger partial charge on any atom is -0.423 e. The molecule has 0 saturated carbocycles. The molecule has 0 atom stereocenters. The van der Waals surface area contributed by atoms with E-state index in [1.54, 1.807) is 0 Å². The first-order chi connectivity index (χ1) is 13.2. The van der Waals surface area contributed by atoms with Crippen molar-refractivity contribution in [3.05, 3.63) is 64.6 Å². The molecular formula is C20H20N4O3. The summed E-state index contributed by atoms with van der Waals surface area (Å²) in [7, 11) is 0. The molecule has 2 aromatic heterocycles. The number of aromatic nitrogens is 3. The number of anilines is 1. The Morgan fingerprint density at radius 2 is 1.93 bits per heavy atom. The van der Waals surface area contributed by atoms with Gasteiger partial charge >= 0.3 is 5.76 Å². The van der Waals surface area contributed by atoms with Gasteiger partial charge in [0, 0.05) is 18.7 Å². The summed E-state index contributed by atoms with van der Waals surface area (Å²) >= 11 is 0. The summed E-state index contributed by atoms with van der Waals surface area (Å²) in [6, 6.07) is 16.2. The smallest absolute Gasteiger partial charge is 0.423 e. The molecule has 0 aliphatic carbocycles. The Balaban J connectivity index is 1.56. The molecule has 4 rings (SSSR count). The van der Waals surface area contributed by atoms with Gasteiger partial charge in [-0.15, -0.1) is 0 Å². The molecule has 0 bridgehead atoms. The van der Waals surface area contributed by atoms with Crippen molar-refractivity contribution >= 4 is 17.1 Å².